The van der Waals surface area contributed by atoms with Gasteiger partial charge in [-0.2, -0.15) is 0 Å². The Morgan fingerprint density at radius 3 is 2.81 bits per heavy atom. The van der Waals surface area contributed by atoms with E-state index in [1.54, 1.807) is 0 Å². The fourth-order valence-electron chi connectivity index (χ4n) is 1.89. The molecule has 0 aliphatic rings. The van der Waals surface area contributed by atoms with Crippen LogP contribution in [0.4, 0.5) is 5.69 Å². The van der Waals surface area contributed by atoms with Gasteiger partial charge in [-0.15, -0.1) is 0 Å². The lowest BCUT2D eigenvalue weighted by atomic mass is 10.2. The molecule has 84 valence electrons. The van der Waals surface area contributed by atoms with Crippen molar-refractivity contribution in [3.05, 3.63) is 24.0 Å². The summed E-state index contributed by atoms with van der Waals surface area (Å²) in [5.41, 5.74) is 2.77. The van der Waals surface area contributed by atoms with Gasteiger partial charge in [0, 0.05) is 18.7 Å². The van der Waals surface area contributed by atoms with Crippen molar-refractivity contribution in [1.29, 1.82) is 0 Å². The van der Waals surface area contributed by atoms with Crippen molar-refractivity contribution in [1.82, 2.24) is 9.55 Å². The molecule has 0 unspecified atom stereocenters. The number of nitrogens with zero attached hydrogens (tertiary/aromatic N) is 2. The van der Waals surface area contributed by atoms with Gasteiger partial charge in [0.1, 0.15) is 5.82 Å². The maximum absolute atomic E-state index is 10.4. The Bertz CT molecular complexity index is 528. The monoisotopic (exact) mass is 217 g/mol. The maximum Gasteiger partial charge on any atom is 0.211 e. The lowest BCUT2D eigenvalue weighted by Crippen LogP contribution is -1.99. The number of imidazole rings is 1. The lowest BCUT2D eigenvalue weighted by Gasteiger charge is -2.04. The average molecular weight is 217 g/mol. The number of hydrogen-bond acceptors (Lipinski definition) is 2. The van der Waals surface area contributed by atoms with Crippen molar-refractivity contribution in [2.75, 3.05) is 5.32 Å². The second-order valence-electron chi connectivity index (χ2n) is 4.15. The number of rotatable bonds is 3. The molecule has 2 aromatic rings. The molecule has 16 heavy (non-hydrogen) atoms. The van der Waals surface area contributed by atoms with Gasteiger partial charge in [0.2, 0.25) is 6.41 Å². The SMILES string of the molecule is CC(C)c1nc2cc(NC=O)ccc2n1C. The van der Waals surface area contributed by atoms with E-state index in [9.17, 15) is 4.79 Å². The zero-order chi connectivity index (χ0) is 11.7. The van der Waals surface area contributed by atoms with Gasteiger partial charge in [-0.3, -0.25) is 4.79 Å². The number of aryl methyl sites for hydroxylation is 1. The van der Waals surface area contributed by atoms with Crippen LogP contribution in [0, 0.1) is 0 Å². The Morgan fingerprint density at radius 2 is 2.19 bits per heavy atom. The van der Waals surface area contributed by atoms with Crippen molar-refractivity contribution in [3.8, 4) is 0 Å². The zero-order valence-electron chi connectivity index (χ0n) is 9.69. The van der Waals surface area contributed by atoms with Gasteiger partial charge < -0.3 is 9.88 Å². The first kappa shape index (κ1) is 10.7. The summed E-state index contributed by atoms with van der Waals surface area (Å²) in [5.74, 6) is 1.44. The van der Waals surface area contributed by atoms with E-state index in [1.807, 2.05) is 25.2 Å². The van der Waals surface area contributed by atoms with Gasteiger partial charge in [-0.1, -0.05) is 13.8 Å². The summed E-state index contributed by atoms with van der Waals surface area (Å²) in [7, 11) is 2.01. The minimum atomic E-state index is 0.389. The van der Waals surface area contributed by atoms with Gasteiger partial charge in [-0.25, -0.2) is 4.98 Å². The quantitative estimate of drug-likeness (QED) is 0.802. The van der Waals surface area contributed by atoms with E-state index < -0.39 is 0 Å². The first-order valence-corrected chi connectivity index (χ1v) is 5.30. The summed E-state index contributed by atoms with van der Waals surface area (Å²) < 4.78 is 2.09. The van der Waals surface area contributed by atoms with Gasteiger partial charge in [-0.05, 0) is 18.2 Å². The summed E-state index contributed by atoms with van der Waals surface area (Å²) in [6.07, 6.45) is 0.674. The second-order valence-corrected chi connectivity index (χ2v) is 4.15. The highest BCUT2D eigenvalue weighted by molar-refractivity contribution is 5.83. The molecule has 0 saturated carbocycles. The van der Waals surface area contributed by atoms with Gasteiger partial charge in [0.05, 0.1) is 11.0 Å². The van der Waals surface area contributed by atoms with E-state index in [1.165, 1.54) is 0 Å². The molecule has 0 fully saturated rings. The summed E-state index contributed by atoms with van der Waals surface area (Å²) in [6.45, 7) is 4.23. The van der Waals surface area contributed by atoms with Gasteiger partial charge in [0.15, 0.2) is 0 Å². The van der Waals surface area contributed by atoms with Gasteiger partial charge >= 0.3 is 0 Å². The number of anilines is 1. The fraction of sp³-hybridized carbons (Fsp3) is 0.333. The van der Waals surface area contributed by atoms with Crippen LogP contribution in [0.2, 0.25) is 0 Å². The van der Waals surface area contributed by atoms with Crippen molar-refractivity contribution in [2.24, 2.45) is 7.05 Å². The Hall–Kier alpha value is -1.84. The van der Waals surface area contributed by atoms with Crippen LogP contribution in [0.15, 0.2) is 18.2 Å². The number of amides is 1. The van der Waals surface area contributed by atoms with E-state index in [0.29, 0.717) is 12.3 Å². The number of nitrogens with one attached hydrogen (secondary N) is 1. The van der Waals surface area contributed by atoms with Crippen molar-refractivity contribution < 1.29 is 4.79 Å². The molecule has 0 saturated heterocycles. The van der Waals surface area contributed by atoms with E-state index in [-0.39, 0.29) is 0 Å². The first-order valence-electron chi connectivity index (χ1n) is 5.30. The van der Waals surface area contributed by atoms with Crippen LogP contribution < -0.4 is 5.32 Å². The number of carbonyl (C=O) groups excluding carboxylic acids is 1. The molecule has 1 aromatic heterocycles. The molecule has 0 bridgehead atoms. The molecule has 0 radical (unpaired) electrons. The van der Waals surface area contributed by atoms with Crippen molar-refractivity contribution >= 4 is 23.1 Å². The molecule has 4 heteroatoms. The fourth-order valence-corrected chi connectivity index (χ4v) is 1.89. The standard InChI is InChI=1S/C12H15N3O/c1-8(2)12-14-10-6-9(13-7-16)4-5-11(10)15(12)3/h4-8H,1-3H3,(H,13,16). The number of fused-ring (bicyclic) bond motifs is 1. The minimum absolute atomic E-state index is 0.389. The smallest absolute Gasteiger partial charge is 0.211 e. The molecule has 1 N–H and O–H groups in total. The molecular weight excluding hydrogens is 202 g/mol. The van der Waals surface area contributed by atoms with Crippen LogP contribution in [0.25, 0.3) is 11.0 Å². The normalized spacial score (nSPS) is 11.0. The molecule has 0 aliphatic carbocycles. The maximum atomic E-state index is 10.4. The van der Waals surface area contributed by atoms with Crippen molar-refractivity contribution in [3.63, 3.8) is 0 Å². The van der Waals surface area contributed by atoms with E-state index in [2.05, 4.69) is 28.7 Å². The molecule has 1 amide bonds. The van der Waals surface area contributed by atoms with Crippen LogP contribution in [-0.2, 0) is 11.8 Å². The van der Waals surface area contributed by atoms with Crippen LogP contribution in [0.5, 0.6) is 0 Å². The summed E-state index contributed by atoms with van der Waals surface area (Å²) in [5, 5.41) is 2.63. The third kappa shape index (κ3) is 1.66. The van der Waals surface area contributed by atoms with Crippen molar-refractivity contribution in [2.45, 2.75) is 19.8 Å². The highest BCUT2D eigenvalue weighted by Gasteiger charge is 2.10. The lowest BCUT2D eigenvalue weighted by molar-refractivity contribution is -0.105. The highest BCUT2D eigenvalue weighted by atomic mass is 16.1. The van der Waals surface area contributed by atoms with E-state index in [0.717, 1.165) is 22.5 Å². The molecule has 0 spiro atoms. The Balaban J connectivity index is 2.58. The Labute approximate surface area is 94.3 Å². The second kappa shape index (κ2) is 3.96. The third-order valence-corrected chi connectivity index (χ3v) is 2.66. The van der Waals surface area contributed by atoms with Crippen LogP contribution in [0.3, 0.4) is 0 Å². The topological polar surface area (TPSA) is 46.9 Å². The first-order chi connectivity index (χ1) is 7.63. The average Bonchev–Trinajstić information content (AvgIpc) is 2.56. The number of aromatic nitrogens is 2. The Kier molecular flexibility index (Phi) is 2.64. The van der Waals surface area contributed by atoms with E-state index >= 15 is 0 Å². The number of hydrogen-bond donors (Lipinski definition) is 1. The number of carbonyl (C=O) groups is 1. The molecule has 0 aliphatic heterocycles. The predicted molar refractivity (Wildman–Crippen MR) is 64.5 cm³/mol. The van der Waals surface area contributed by atoms with Crippen LogP contribution in [0.1, 0.15) is 25.6 Å². The molecule has 2 rings (SSSR count). The highest BCUT2D eigenvalue weighted by Crippen LogP contribution is 2.22. The minimum Gasteiger partial charge on any atom is -0.331 e. The Morgan fingerprint density at radius 1 is 1.44 bits per heavy atom. The predicted octanol–water partition coefficient (Wildman–Crippen LogP) is 2.26. The summed E-state index contributed by atoms with van der Waals surface area (Å²) in [4.78, 5) is 14.9. The van der Waals surface area contributed by atoms with E-state index in [4.69, 9.17) is 0 Å². The molecule has 0 atom stereocenters. The zero-order valence-corrected chi connectivity index (χ0v) is 9.69. The third-order valence-electron chi connectivity index (χ3n) is 2.66. The summed E-state index contributed by atoms with van der Waals surface area (Å²) >= 11 is 0. The van der Waals surface area contributed by atoms with Crippen LogP contribution in [-0.4, -0.2) is 16.0 Å². The van der Waals surface area contributed by atoms with Gasteiger partial charge in [0.25, 0.3) is 0 Å². The molecule has 1 aromatic carbocycles. The number of benzene rings is 1. The largest absolute Gasteiger partial charge is 0.331 e. The summed E-state index contributed by atoms with van der Waals surface area (Å²) in [6, 6.07) is 5.73. The molecule has 1 heterocycles. The van der Waals surface area contributed by atoms with Crippen LogP contribution >= 0.6 is 0 Å². The molecular formula is C12H15N3O. The molecule has 4 nitrogen and oxygen atoms in total.